The van der Waals surface area contributed by atoms with Crippen LogP contribution >= 0.6 is 11.6 Å². The molecule has 2 aliphatic rings. The average molecular weight is 841 g/mol. The van der Waals surface area contributed by atoms with E-state index >= 15 is 0 Å². The molecule has 5 aromatic rings. The van der Waals surface area contributed by atoms with E-state index in [1.165, 1.54) is 14.2 Å². The third-order valence-corrected chi connectivity index (χ3v) is 14.6. The van der Waals surface area contributed by atoms with E-state index < -0.39 is 32.3 Å². The van der Waals surface area contributed by atoms with Crippen LogP contribution in [0.5, 0.6) is 0 Å². The largest absolute Gasteiger partial charge is 0.453 e. The maximum Gasteiger partial charge on any atom is 0.407 e. The Hall–Kier alpha value is -5.41. The molecule has 313 valence electrons. The molecule has 4 N–H and O–H groups in total. The summed E-state index contributed by atoms with van der Waals surface area (Å²) in [6.07, 6.45) is 0.927. The Bertz CT molecular complexity index is 2390. The highest BCUT2D eigenvalue weighted by Gasteiger charge is 2.41. The van der Waals surface area contributed by atoms with E-state index in [-0.39, 0.29) is 35.7 Å². The number of benzene rings is 3. The van der Waals surface area contributed by atoms with Crippen LogP contribution in [0.4, 0.5) is 9.59 Å². The van der Waals surface area contributed by atoms with E-state index in [1.807, 2.05) is 62.9 Å². The summed E-state index contributed by atoms with van der Waals surface area (Å²) in [5.74, 6) is 0.797. The molecule has 0 spiro atoms. The molecular formula is C43H53ClN8O6Si-. The van der Waals surface area contributed by atoms with Gasteiger partial charge in [0.1, 0.15) is 34.6 Å². The summed E-state index contributed by atoms with van der Waals surface area (Å²) in [6.45, 7) is 12.7. The van der Waals surface area contributed by atoms with Crippen molar-refractivity contribution in [1.82, 2.24) is 40.4 Å². The number of ether oxygens (including phenoxy) is 2. The second kappa shape index (κ2) is 16.7. The Morgan fingerprint density at radius 2 is 1.37 bits per heavy atom. The number of nitrogens with one attached hydrogen (secondary N) is 4. The maximum atomic E-state index is 14.0. The van der Waals surface area contributed by atoms with Crippen molar-refractivity contribution in [3.05, 3.63) is 71.4 Å². The molecule has 2 fully saturated rings. The third kappa shape index (κ3) is 8.40. The van der Waals surface area contributed by atoms with Crippen LogP contribution in [0.25, 0.3) is 44.2 Å². The molecule has 4 heterocycles. The first-order chi connectivity index (χ1) is 28.1. The Kier molecular flexibility index (Phi) is 11.8. The second-order valence-corrected chi connectivity index (χ2v) is 22.6. The van der Waals surface area contributed by atoms with Crippen LogP contribution in [0.2, 0.25) is 24.3 Å². The fourth-order valence-corrected chi connectivity index (χ4v) is 11.6. The van der Waals surface area contributed by atoms with Gasteiger partial charge in [-0.3, -0.25) is 9.59 Å². The van der Waals surface area contributed by atoms with Gasteiger partial charge in [0.25, 0.3) is 0 Å². The summed E-state index contributed by atoms with van der Waals surface area (Å²) >= 11 is 6.75. The standard InChI is InChI=1S/C43H53ClN8O6Si/c1-23(2)33(48-42(55)57-5)40(53)51-19-9-10-31(51)38-46-35(37(44)50-38)26-13-11-25(12-14-26)27-15-17-29-28(20-27)16-18-30-36(29)47-39(45-30)32-21-59(7,8)22-52(32)41(54)34(24(3)4)49-43(56)58-6/h11-18,20,23-24,31-34H,9-10,19,21-22H2,1-8H3,(H,45,47)(H,46,50)(H,48,55)(H,49,56)/q-1/t31-,32-,33-,34-/m0/s1. The number of carbonyl (C=O) groups excluding carboxylic acids is 4. The van der Waals surface area contributed by atoms with E-state index in [4.69, 9.17) is 31.0 Å². The molecule has 14 nitrogen and oxygen atoms in total. The molecule has 7 rings (SSSR count). The van der Waals surface area contributed by atoms with Crippen LogP contribution in [0.1, 0.15) is 64.3 Å². The van der Waals surface area contributed by atoms with Crippen molar-refractivity contribution in [2.24, 2.45) is 11.8 Å². The Morgan fingerprint density at radius 1 is 0.780 bits per heavy atom. The predicted octanol–water partition coefficient (Wildman–Crippen LogP) is 7.98. The lowest BCUT2D eigenvalue weighted by molar-refractivity contribution is -0.136. The van der Waals surface area contributed by atoms with Gasteiger partial charge in [-0.15, -0.1) is 14.1 Å². The zero-order chi connectivity index (χ0) is 42.3. The van der Waals surface area contributed by atoms with Crippen molar-refractivity contribution in [3.63, 3.8) is 0 Å². The van der Waals surface area contributed by atoms with Crippen molar-refractivity contribution in [1.29, 1.82) is 0 Å². The highest BCUT2D eigenvalue weighted by atomic mass is 35.5. The number of fused-ring (bicyclic) bond motifs is 3. The lowest BCUT2D eigenvalue weighted by Gasteiger charge is -2.33. The minimum Gasteiger partial charge on any atom is -0.453 e. The minimum absolute atomic E-state index is 0.122. The molecule has 2 saturated heterocycles. The fraction of sp³-hybridized carbons (Fsp3) is 0.442. The molecular weight excluding hydrogens is 788 g/mol. The van der Waals surface area contributed by atoms with Crippen LogP contribution in [-0.4, -0.2) is 101 Å². The molecule has 4 amide bonds. The van der Waals surface area contributed by atoms with Crippen LogP contribution < -0.4 is 10.6 Å². The smallest absolute Gasteiger partial charge is 0.407 e. The van der Waals surface area contributed by atoms with Gasteiger partial charge in [0.15, 0.2) is 0 Å². The summed E-state index contributed by atoms with van der Waals surface area (Å²) in [4.78, 5) is 72.2. The zero-order valence-corrected chi connectivity index (χ0v) is 36.6. The highest BCUT2D eigenvalue weighted by Crippen LogP contribution is 2.40. The Labute approximate surface area is 349 Å². The SMILES string of the molecule is COC(=O)N[C@H](C(=O)N1CCC[C@H]1c1nc(-c2ccc(-c3ccc4c(ccc5[nH]c([C@@H]6C[Si-](C)(C)CN6C(=O)[C@@H](NC(=O)OC)C(C)C)nc54)c3)cc2)c(Cl)[nH]1)C(C)C. The van der Waals surface area contributed by atoms with Gasteiger partial charge in [-0.2, -0.15) is 13.1 Å². The number of halogens is 1. The lowest BCUT2D eigenvalue weighted by Crippen LogP contribution is -2.52. The lowest BCUT2D eigenvalue weighted by atomic mass is 9.99. The number of nitrogens with zero attached hydrogens (tertiary/aromatic N) is 4. The predicted molar refractivity (Wildman–Crippen MR) is 230 cm³/mol. The summed E-state index contributed by atoms with van der Waals surface area (Å²) in [7, 11) is 0.795. The van der Waals surface area contributed by atoms with Crippen LogP contribution in [0.3, 0.4) is 0 Å². The van der Waals surface area contributed by atoms with Crippen LogP contribution in [-0.2, 0) is 19.1 Å². The molecule has 0 unspecified atom stereocenters. The summed E-state index contributed by atoms with van der Waals surface area (Å²) in [5, 5.41) is 7.86. The fourth-order valence-electron chi connectivity index (χ4n) is 8.51. The van der Waals surface area contributed by atoms with Gasteiger partial charge in [0.2, 0.25) is 11.8 Å². The van der Waals surface area contributed by atoms with Crippen molar-refractivity contribution in [3.8, 4) is 22.4 Å². The summed E-state index contributed by atoms with van der Waals surface area (Å²) < 4.78 is 9.59. The van der Waals surface area contributed by atoms with Crippen LogP contribution in [0.15, 0.2) is 54.6 Å². The molecule has 0 bridgehead atoms. The molecule has 3 aromatic carbocycles. The molecule has 4 atom stereocenters. The Morgan fingerprint density at radius 3 is 2.00 bits per heavy atom. The number of methoxy groups -OCH3 is 2. The summed E-state index contributed by atoms with van der Waals surface area (Å²) in [5.41, 5.74) is 5.23. The molecule has 16 heteroatoms. The molecule has 0 radical (unpaired) electrons. The van der Waals surface area contributed by atoms with Crippen molar-refractivity contribution < 1.29 is 28.7 Å². The van der Waals surface area contributed by atoms with Gasteiger partial charge in [0.05, 0.1) is 37.3 Å². The molecule has 59 heavy (non-hydrogen) atoms. The van der Waals surface area contributed by atoms with Crippen molar-refractivity contribution in [2.45, 2.75) is 83.8 Å². The minimum atomic E-state index is -1.78. The van der Waals surface area contributed by atoms with Gasteiger partial charge in [-0.25, -0.2) is 19.6 Å². The topological polar surface area (TPSA) is 175 Å². The van der Waals surface area contributed by atoms with Gasteiger partial charge < -0.3 is 39.9 Å². The molecule has 2 aromatic heterocycles. The quantitative estimate of drug-likeness (QED) is 0.102. The van der Waals surface area contributed by atoms with Gasteiger partial charge >= 0.3 is 12.2 Å². The number of amides is 4. The number of alkyl carbamates (subject to hydrolysis) is 2. The number of aromatic nitrogens is 4. The van der Waals surface area contributed by atoms with E-state index in [0.717, 1.165) is 63.2 Å². The first-order valence-corrected chi connectivity index (χ1v) is 24.0. The number of carbonyl (C=O) groups is 4. The maximum absolute atomic E-state index is 14.0. The first kappa shape index (κ1) is 41.7. The van der Waals surface area contributed by atoms with E-state index in [9.17, 15) is 19.2 Å². The van der Waals surface area contributed by atoms with E-state index in [1.54, 1.807) is 4.90 Å². The summed E-state index contributed by atoms with van der Waals surface area (Å²) in [6, 6.07) is 17.4. The molecule has 0 aliphatic carbocycles. The van der Waals surface area contributed by atoms with Crippen LogP contribution in [0, 0.1) is 11.8 Å². The number of aromatic amines is 2. The normalized spacial score (nSPS) is 18.8. The second-order valence-electron chi connectivity index (χ2n) is 17.1. The molecule has 2 aliphatic heterocycles. The number of imidazole rings is 2. The molecule has 0 saturated carbocycles. The van der Waals surface area contributed by atoms with Crippen molar-refractivity contribution in [2.75, 3.05) is 26.9 Å². The number of hydrogen-bond donors (Lipinski definition) is 4. The first-order valence-electron chi connectivity index (χ1n) is 20.2. The van der Waals surface area contributed by atoms with E-state index in [2.05, 4.69) is 58.0 Å². The monoisotopic (exact) mass is 840 g/mol. The third-order valence-electron chi connectivity index (χ3n) is 11.6. The van der Waals surface area contributed by atoms with Gasteiger partial charge in [-0.1, -0.05) is 87.9 Å². The number of H-pyrrole nitrogens is 2. The Balaban J connectivity index is 1.11. The van der Waals surface area contributed by atoms with Gasteiger partial charge in [0, 0.05) is 17.5 Å². The number of likely N-dealkylation sites (tertiary alicyclic amines) is 1. The number of hydrogen-bond acceptors (Lipinski definition) is 8. The highest BCUT2D eigenvalue weighted by molar-refractivity contribution is 6.78. The number of rotatable bonds is 10. The zero-order valence-electron chi connectivity index (χ0n) is 34.8. The van der Waals surface area contributed by atoms with Crippen molar-refractivity contribution >= 4 is 65.5 Å². The van der Waals surface area contributed by atoms with Gasteiger partial charge in [-0.05, 0) is 53.3 Å². The average Bonchev–Trinajstić information content (AvgIpc) is 4.02. The van der Waals surface area contributed by atoms with E-state index in [0.29, 0.717) is 29.4 Å².